The summed E-state index contributed by atoms with van der Waals surface area (Å²) in [6.07, 6.45) is 3.26. The largest absolute Gasteiger partial charge is 0.528 e. The van der Waals surface area contributed by atoms with Crippen LogP contribution < -0.4 is 10.6 Å². The number of nitriles is 1. The van der Waals surface area contributed by atoms with Crippen molar-refractivity contribution in [2.24, 2.45) is 11.3 Å². The van der Waals surface area contributed by atoms with Crippen molar-refractivity contribution in [3.63, 3.8) is 0 Å². The van der Waals surface area contributed by atoms with E-state index in [4.69, 9.17) is 23.7 Å². The van der Waals surface area contributed by atoms with Crippen LogP contribution in [0.5, 0.6) is 0 Å². The quantitative estimate of drug-likeness (QED) is 0.0592. The number of nitrogens with one attached hydrogen (secondary N) is 2. The second-order valence-corrected chi connectivity index (χ2v) is 11.8. The Bertz CT molecular complexity index is 1120. The predicted octanol–water partition coefficient (Wildman–Crippen LogP) is 1.89. The van der Waals surface area contributed by atoms with Gasteiger partial charge in [0.2, 0.25) is 5.91 Å². The molecule has 46 heavy (non-hydrogen) atoms. The molecule has 1 aliphatic heterocycles. The van der Waals surface area contributed by atoms with Crippen LogP contribution >= 0.6 is 0 Å². The van der Waals surface area contributed by atoms with Crippen LogP contribution in [0.25, 0.3) is 0 Å². The first-order chi connectivity index (χ1) is 21.7. The van der Waals surface area contributed by atoms with E-state index in [0.29, 0.717) is 85.7 Å². The van der Waals surface area contributed by atoms with Gasteiger partial charge in [-0.2, -0.15) is 11.7 Å². The number of hydrogen-bond acceptors (Lipinski definition) is 9. The van der Waals surface area contributed by atoms with Gasteiger partial charge in [0, 0.05) is 70.7 Å². The maximum absolute atomic E-state index is 13.3. The van der Waals surface area contributed by atoms with E-state index in [1.807, 2.05) is 52.0 Å². The normalized spacial score (nSPS) is 16.4. The summed E-state index contributed by atoms with van der Waals surface area (Å²) in [5.74, 6) is -1.11. The first-order valence-electron chi connectivity index (χ1n) is 15.4. The molecule has 0 aromatic heterocycles. The van der Waals surface area contributed by atoms with Crippen LogP contribution in [0.3, 0.4) is 0 Å². The predicted molar refractivity (Wildman–Crippen MR) is 168 cm³/mol. The molecular formula is C33H49N4O8Tb-. The Labute approximate surface area is 304 Å². The first-order valence-corrected chi connectivity index (χ1v) is 15.4. The zero-order chi connectivity index (χ0) is 32.9. The van der Waals surface area contributed by atoms with Crippen LogP contribution in [0.2, 0.25) is 0 Å². The van der Waals surface area contributed by atoms with Crippen molar-refractivity contribution in [3.05, 3.63) is 47.0 Å². The van der Waals surface area contributed by atoms with Crippen LogP contribution in [0.4, 0.5) is 0 Å². The van der Waals surface area contributed by atoms with Gasteiger partial charge in [0.05, 0.1) is 72.0 Å². The monoisotopic (exact) mass is 788 g/mol. The van der Waals surface area contributed by atoms with Gasteiger partial charge in [-0.05, 0) is 17.9 Å². The van der Waals surface area contributed by atoms with Crippen LogP contribution in [0.1, 0.15) is 37.8 Å². The number of carbonyl (C=O) groups is 2. The number of rotatable bonds is 22. The van der Waals surface area contributed by atoms with Crippen LogP contribution in [0.15, 0.2) is 35.9 Å². The third-order valence-electron chi connectivity index (χ3n) is 6.82. The van der Waals surface area contributed by atoms with Gasteiger partial charge in [0.25, 0.3) is 5.91 Å². The van der Waals surface area contributed by atoms with E-state index >= 15 is 0 Å². The molecule has 0 bridgehead atoms. The Morgan fingerprint density at radius 2 is 1.48 bits per heavy atom. The molecule has 12 nitrogen and oxygen atoms in total. The van der Waals surface area contributed by atoms with Crippen LogP contribution in [0, 0.1) is 68.2 Å². The number of aryl methyl sites for hydroxylation is 1. The molecule has 3 amide bonds. The summed E-state index contributed by atoms with van der Waals surface area (Å²) in [6, 6.07) is 10.0. The Hall–Kier alpha value is -2.05. The molecule has 2 N–H and O–H groups in total. The number of nitrogens with zero attached hydrogens (tertiary/aromatic N) is 2. The summed E-state index contributed by atoms with van der Waals surface area (Å²) < 4.78 is 27.2. The van der Waals surface area contributed by atoms with Crippen molar-refractivity contribution in [2.45, 2.75) is 33.6 Å². The Morgan fingerprint density at radius 1 is 0.935 bits per heavy atom. The van der Waals surface area contributed by atoms with E-state index in [1.165, 1.54) is 0 Å². The van der Waals surface area contributed by atoms with Gasteiger partial charge in [-0.3, -0.25) is 9.59 Å². The molecule has 259 valence electrons. The average Bonchev–Trinajstić information content (AvgIpc) is 3.46. The molecule has 2 rings (SSSR count). The van der Waals surface area contributed by atoms with Crippen molar-refractivity contribution in [1.82, 2.24) is 15.5 Å². The van der Waals surface area contributed by atoms with Crippen molar-refractivity contribution >= 4 is 18.2 Å². The Balaban J connectivity index is 0.0000106. The van der Waals surface area contributed by atoms with E-state index in [-0.39, 0.29) is 73.9 Å². The average molecular weight is 789 g/mol. The topological polar surface area (TPSA) is 148 Å². The fourth-order valence-electron chi connectivity index (χ4n) is 4.75. The molecule has 2 atom stereocenters. The fraction of sp³-hybridized carbons (Fsp3) is 0.636. The minimum Gasteiger partial charge on any atom is -0.528 e. The first kappa shape index (κ1) is 42.0. The zero-order valence-electron chi connectivity index (χ0n) is 27.4. The smallest absolute Gasteiger partial charge is 0.264 e. The number of allylic oxidation sites excluding steroid dienone is 1. The van der Waals surface area contributed by atoms with E-state index in [9.17, 15) is 19.6 Å². The summed E-state index contributed by atoms with van der Waals surface area (Å²) in [5.41, 5.74) is 1.85. The Kier molecular flexibility index (Phi) is 22.0. The zero-order valence-corrected chi connectivity index (χ0v) is 29.6. The number of carbonyl (C=O) groups excluding carboxylic acids is 3. The molecule has 0 spiro atoms. The van der Waals surface area contributed by atoms with Gasteiger partial charge in [0.15, 0.2) is 0 Å². The van der Waals surface area contributed by atoms with Crippen molar-refractivity contribution in [1.29, 1.82) is 5.26 Å². The standard InChI is InChI=1S/C33H49N4O8.Tb/c1-26-6-5-7-27(20-26)29-23-37(32(40)28(22-34)21-33(2,3)4)24-30(29)31(39)36-9-11-42-13-15-44-17-19-45-18-16-43-14-12-41-10-8-35-25-38;/h5-7,20-21,29-30H,8-19,23-24H2,1-4H3,(H,35,38)(H,36,39);/q-1;/b28-21+;/t29-,30+;/m0./s1. The second kappa shape index (κ2) is 24.1. The molecule has 1 aliphatic rings. The molecule has 0 saturated carbocycles. The second-order valence-electron chi connectivity index (χ2n) is 11.8. The van der Waals surface area contributed by atoms with Gasteiger partial charge in [-0.25, -0.2) is 0 Å². The van der Waals surface area contributed by atoms with Gasteiger partial charge in [-0.15, -0.1) is 0 Å². The molecule has 0 aliphatic carbocycles. The van der Waals surface area contributed by atoms with E-state index in [1.54, 1.807) is 17.4 Å². The molecule has 13 heteroatoms. The number of likely N-dealkylation sites (tertiary alicyclic amines) is 1. The third kappa shape index (κ3) is 17.2. The van der Waals surface area contributed by atoms with Crippen molar-refractivity contribution < 1.29 is 76.7 Å². The molecule has 1 aromatic rings. The number of hydrogen-bond donors (Lipinski definition) is 2. The summed E-state index contributed by atoms with van der Waals surface area (Å²) in [5, 5.41) is 15.0. The molecule has 0 unspecified atom stereocenters. The molecule has 1 saturated heterocycles. The summed E-state index contributed by atoms with van der Waals surface area (Å²) in [4.78, 5) is 38.1. The van der Waals surface area contributed by atoms with Crippen molar-refractivity contribution in [3.8, 4) is 6.07 Å². The summed E-state index contributed by atoms with van der Waals surface area (Å²) in [6.45, 7) is 13.4. The molecular weight excluding hydrogens is 739 g/mol. The summed E-state index contributed by atoms with van der Waals surface area (Å²) >= 11 is 0. The molecule has 1 aromatic carbocycles. The van der Waals surface area contributed by atoms with Gasteiger partial charge >= 0.3 is 0 Å². The molecule has 1 heterocycles. The van der Waals surface area contributed by atoms with Crippen LogP contribution in [-0.4, -0.2) is 115 Å². The van der Waals surface area contributed by atoms with Crippen molar-refractivity contribution in [2.75, 3.05) is 92.2 Å². The van der Waals surface area contributed by atoms with E-state index in [0.717, 1.165) is 11.1 Å². The third-order valence-corrected chi connectivity index (χ3v) is 6.82. The van der Waals surface area contributed by atoms with Crippen LogP contribution in [-0.2, 0) is 38.1 Å². The maximum Gasteiger partial charge on any atom is 0.264 e. The fourth-order valence-corrected chi connectivity index (χ4v) is 4.75. The van der Waals surface area contributed by atoms with Gasteiger partial charge in [0.1, 0.15) is 11.6 Å². The van der Waals surface area contributed by atoms with E-state index in [2.05, 4.69) is 16.7 Å². The molecule has 1 fully saturated rings. The van der Waals surface area contributed by atoms with E-state index < -0.39 is 5.92 Å². The summed E-state index contributed by atoms with van der Waals surface area (Å²) in [7, 11) is 0. The number of ether oxygens (including phenoxy) is 5. The minimum absolute atomic E-state index is 0. The minimum atomic E-state index is -0.442. The Morgan fingerprint density at radius 3 is 1.98 bits per heavy atom. The number of amides is 3. The van der Waals surface area contributed by atoms with Gasteiger partial charge in [-0.1, -0.05) is 56.7 Å². The SMILES string of the molecule is Cc1cccc([C@@H]2CN(C(=O)/C(C#N)=C/C(C)(C)C)C[C@H]2C(=O)NCCOCCOCCOCCOCCOCCN[C-]=O)c1.[Tb]. The maximum atomic E-state index is 13.3. The number of benzene rings is 1. The van der Waals surface area contributed by atoms with Gasteiger partial charge < -0.3 is 44.0 Å². The molecule has 1 radical (unpaired) electrons.